The Labute approximate surface area is 491 Å². The normalized spacial score (nSPS) is 44.8. The van der Waals surface area contributed by atoms with Gasteiger partial charge in [0.15, 0.2) is 12.1 Å². The minimum atomic E-state index is -2.47. The van der Waals surface area contributed by atoms with Crippen molar-refractivity contribution in [2.45, 2.75) is 201 Å². The van der Waals surface area contributed by atoms with Crippen LogP contribution >= 0.6 is 0 Å². The molecule has 3 unspecified atom stereocenters. The minimum Gasteiger partial charge on any atom is -0.462 e. The average molecular weight is 1200 g/mol. The van der Waals surface area contributed by atoms with Crippen LogP contribution in [0.2, 0.25) is 0 Å². The molecule has 84 heavy (non-hydrogen) atoms. The van der Waals surface area contributed by atoms with Crippen molar-refractivity contribution in [3.05, 3.63) is 85.1 Å². The zero-order valence-corrected chi connectivity index (χ0v) is 48.5. The molecule has 16 N–H and O–H groups in total. The van der Waals surface area contributed by atoms with Crippen LogP contribution in [0.1, 0.15) is 79.1 Å². The number of rotatable bonds is 8. The van der Waals surface area contributed by atoms with Crippen molar-refractivity contribution < 1.29 is 110 Å². The molecule has 1 amide bonds. The molecule has 0 aromatic carbocycles. The molecule has 25 heteroatoms. The third-order valence-electron chi connectivity index (χ3n) is 16.3. The first-order valence-electron chi connectivity index (χ1n) is 29.2. The molecular formula is C59H95N3O22. The van der Waals surface area contributed by atoms with E-state index in [4.69, 9.17) is 23.7 Å². The second kappa shape index (κ2) is 34.1. The number of aliphatic hydroxyl groups excluding tert-OH is 13. The van der Waals surface area contributed by atoms with E-state index in [1.165, 1.54) is 17.9 Å². The molecular weight excluding hydrogens is 1100 g/mol. The summed E-state index contributed by atoms with van der Waals surface area (Å²) < 4.78 is 29.6. The van der Waals surface area contributed by atoms with E-state index >= 15 is 0 Å². The molecule has 478 valence electrons. The van der Waals surface area contributed by atoms with Crippen LogP contribution in [0, 0.1) is 17.8 Å². The van der Waals surface area contributed by atoms with Gasteiger partial charge in [-0.15, -0.1) is 0 Å². The zero-order valence-electron chi connectivity index (χ0n) is 48.5. The van der Waals surface area contributed by atoms with Crippen LogP contribution < -0.4 is 5.32 Å². The molecule has 25 nitrogen and oxygen atoms in total. The quantitative estimate of drug-likeness (QED) is 0.109. The van der Waals surface area contributed by atoms with Crippen molar-refractivity contribution in [1.29, 1.82) is 0 Å². The molecule has 2 bridgehead atoms. The zero-order chi connectivity index (χ0) is 61.9. The molecule has 0 saturated carbocycles. The van der Waals surface area contributed by atoms with E-state index in [2.05, 4.69) is 5.32 Å². The first kappa shape index (κ1) is 71.0. The molecule has 5 rings (SSSR count). The van der Waals surface area contributed by atoms with Crippen LogP contribution in [0.25, 0.3) is 0 Å². The number of fused-ring (bicyclic) bond motifs is 2. The molecule has 0 aromatic rings. The van der Waals surface area contributed by atoms with Crippen LogP contribution in [-0.2, 0) is 33.3 Å². The van der Waals surface area contributed by atoms with Crippen LogP contribution in [0.15, 0.2) is 85.1 Å². The fraction of sp³-hybridized carbons (Fsp3) is 0.729. The van der Waals surface area contributed by atoms with Gasteiger partial charge in [-0.05, 0) is 33.1 Å². The highest BCUT2D eigenvalue weighted by molar-refractivity contribution is 5.80. The number of piperazine rings is 1. The molecule has 5 heterocycles. The standard InChI is InChI=1S/C59H95N3O22/c1-35-17-15-13-11-9-7-5-6-8-10-12-14-16-18-42(83-57-54(75)50(52(73)38(4)82-57)60-34-59(79)55(76)53(74)46(70)33-80-59)30-47-49(56(77)62-23-21-61(22-24-62)25-26-63)45(69)32-58(78,84-47)31-41(66)28-44(68)43(67)20-19-39(64)27-40(65)29-48(71)81-37(3)36(2)51(35)72/h5-18,35-47,49-55,57,60,63-70,72-76,78-79H,19-34H2,1-4H3/b6-5+,9-7+,10-8+,13-11+,14-12+,17-15+,18-16+/t35-,36-,37-,38+,39+,40+,41-,42-,43+,44+,45-,46+,47?,49?,50-,51+,52+,53-,54-,55-,57?,58+,59+/m0/s1. The van der Waals surface area contributed by atoms with Gasteiger partial charge in [0.2, 0.25) is 11.7 Å². The number of hydrogen-bond donors (Lipinski definition) is 16. The van der Waals surface area contributed by atoms with E-state index in [1.807, 2.05) is 17.9 Å². The second-order valence-electron chi connectivity index (χ2n) is 23.1. The number of hydrogen-bond acceptors (Lipinski definition) is 24. The van der Waals surface area contributed by atoms with Crippen molar-refractivity contribution in [3.63, 3.8) is 0 Å². The van der Waals surface area contributed by atoms with Gasteiger partial charge in [-0.1, -0.05) is 98.9 Å². The Balaban J connectivity index is 1.44. The first-order chi connectivity index (χ1) is 39.8. The Morgan fingerprint density at radius 1 is 0.655 bits per heavy atom. The fourth-order valence-electron chi connectivity index (χ4n) is 11.0. The SMILES string of the molecule is C[C@@H]1[C@H](O)[C@@H](C)/C=C/C=C/C=C/C=C/C=C/C=C/C=C/[C@H](OC2O[C@H](C)[C@@H](O)[C@H](NC[C@@]3(O)OC[C@@H](O)[C@H](O)[C@@H]3O)[C@@H]2O)CC2O[C@](O)(C[C@@H](O)C[C@@H](O)[C@H](O)CC[C@@H](O)C[C@@H](O)CC(=O)O[C@H]1C)C[C@H](O)C2C(=O)N1CCN(CCO)CC1. The Morgan fingerprint density at radius 3 is 1.88 bits per heavy atom. The van der Waals surface area contributed by atoms with Crippen molar-refractivity contribution >= 4 is 11.9 Å². The van der Waals surface area contributed by atoms with Crippen molar-refractivity contribution in [1.82, 2.24) is 15.1 Å². The molecule has 0 radical (unpaired) electrons. The lowest BCUT2D eigenvalue weighted by molar-refractivity contribution is -0.323. The molecule has 0 aliphatic carbocycles. The lowest BCUT2D eigenvalue weighted by Gasteiger charge is -2.48. The Morgan fingerprint density at radius 2 is 1.26 bits per heavy atom. The number of carbonyl (C=O) groups excluding carboxylic acids is 2. The average Bonchev–Trinajstić information content (AvgIpc) is 1.83. The van der Waals surface area contributed by atoms with Gasteiger partial charge in [0.1, 0.15) is 30.5 Å². The lowest BCUT2D eigenvalue weighted by Crippen LogP contribution is -2.69. The number of cyclic esters (lactones) is 1. The molecule has 0 spiro atoms. The topological polar surface area (TPSA) is 402 Å². The molecule has 23 atom stereocenters. The van der Waals surface area contributed by atoms with E-state index in [9.17, 15) is 86.2 Å². The summed E-state index contributed by atoms with van der Waals surface area (Å²) in [6.07, 6.45) is -3.19. The first-order valence-corrected chi connectivity index (χ1v) is 29.2. The highest BCUT2D eigenvalue weighted by atomic mass is 16.7. The minimum absolute atomic E-state index is 0.0956. The Hall–Kier alpha value is -3.72. The molecule has 5 aliphatic heterocycles. The van der Waals surface area contributed by atoms with Crippen LogP contribution in [0.3, 0.4) is 0 Å². The Bertz CT molecular complexity index is 2210. The second-order valence-corrected chi connectivity index (χ2v) is 23.1. The Kier molecular flexibility index (Phi) is 28.9. The summed E-state index contributed by atoms with van der Waals surface area (Å²) in [4.78, 5) is 30.9. The van der Waals surface area contributed by atoms with Gasteiger partial charge in [0.25, 0.3) is 0 Å². The van der Waals surface area contributed by atoms with Gasteiger partial charge < -0.3 is 110 Å². The number of esters is 1. The number of allylic oxidation sites excluding steroid dienone is 12. The van der Waals surface area contributed by atoms with Gasteiger partial charge in [-0.3, -0.25) is 14.5 Å². The number of nitrogens with one attached hydrogen (secondary N) is 1. The maximum absolute atomic E-state index is 14.6. The summed E-state index contributed by atoms with van der Waals surface area (Å²) >= 11 is 0. The summed E-state index contributed by atoms with van der Waals surface area (Å²) in [5.74, 6) is -8.28. The maximum atomic E-state index is 14.6. The number of carbonyl (C=O) groups is 2. The van der Waals surface area contributed by atoms with Crippen molar-refractivity contribution in [2.24, 2.45) is 17.8 Å². The third kappa shape index (κ3) is 21.3. The predicted molar refractivity (Wildman–Crippen MR) is 302 cm³/mol. The van der Waals surface area contributed by atoms with E-state index in [-0.39, 0.29) is 51.3 Å². The van der Waals surface area contributed by atoms with Crippen LogP contribution in [0.4, 0.5) is 0 Å². The van der Waals surface area contributed by atoms with E-state index in [0.717, 1.165) is 0 Å². The van der Waals surface area contributed by atoms with E-state index < -0.39 is 184 Å². The summed E-state index contributed by atoms with van der Waals surface area (Å²) in [7, 11) is 0. The molecule has 4 fully saturated rings. The van der Waals surface area contributed by atoms with Crippen molar-refractivity contribution in [3.8, 4) is 0 Å². The third-order valence-corrected chi connectivity index (χ3v) is 16.3. The van der Waals surface area contributed by atoms with Gasteiger partial charge in [-0.25, -0.2) is 0 Å². The molecule has 4 saturated heterocycles. The summed E-state index contributed by atoms with van der Waals surface area (Å²) in [6.45, 7) is 7.01. The summed E-state index contributed by atoms with van der Waals surface area (Å²) in [5.41, 5.74) is 0. The monoisotopic (exact) mass is 1200 g/mol. The fourth-order valence-corrected chi connectivity index (χ4v) is 11.0. The highest BCUT2D eigenvalue weighted by Gasteiger charge is 2.53. The van der Waals surface area contributed by atoms with Crippen LogP contribution in [0.5, 0.6) is 0 Å². The van der Waals surface area contributed by atoms with Gasteiger partial charge in [0.05, 0.1) is 105 Å². The maximum Gasteiger partial charge on any atom is 0.308 e. The lowest BCUT2D eigenvalue weighted by atomic mass is 9.81. The van der Waals surface area contributed by atoms with Gasteiger partial charge in [-0.2, -0.15) is 0 Å². The van der Waals surface area contributed by atoms with Crippen molar-refractivity contribution in [2.75, 3.05) is 52.5 Å². The predicted octanol–water partition coefficient (Wildman–Crippen LogP) is -2.80. The van der Waals surface area contributed by atoms with E-state index in [0.29, 0.717) is 19.6 Å². The van der Waals surface area contributed by atoms with E-state index in [1.54, 1.807) is 86.8 Å². The smallest absolute Gasteiger partial charge is 0.308 e. The summed E-state index contributed by atoms with van der Waals surface area (Å²) in [5, 5.41) is 167. The number of ether oxygens (including phenoxy) is 5. The molecule has 0 aromatic heterocycles. The largest absolute Gasteiger partial charge is 0.462 e. The number of aliphatic hydroxyl groups is 15. The number of nitrogens with zero attached hydrogens (tertiary/aromatic N) is 2. The number of amides is 1. The summed E-state index contributed by atoms with van der Waals surface area (Å²) in [6, 6.07) is -1.35. The number of β-amino-alcohol motifs (C(OH)–C–C–N with tert-alkyl or cyclic N) is 1. The van der Waals surface area contributed by atoms with Gasteiger partial charge >= 0.3 is 5.97 Å². The van der Waals surface area contributed by atoms with Crippen LogP contribution in [-0.4, -0.2) is 272 Å². The highest BCUT2D eigenvalue weighted by Crippen LogP contribution is 2.39. The molecule has 5 aliphatic rings. The van der Waals surface area contributed by atoms with Gasteiger partial charge in [0, 0.05) is 70.2 Å².